The van der Waals surface area contributed by atoms with Gasteiger partial charge in [0, 0.05) is 29.8 Å². The highest BCUT2D eigenvalue weighted by Gasteiger charge is 2.38. The molecular weight excluding hydrogens is 318 g/mol. The SMILES string of the molecule is O=C(NCC1(N2CCCCC2)CCCCC1)c1ccc([N+](=O)[O-])cc1. The van der Waals surface area contributed by atoms with Gasteiger partial charge < -0.3 is 5.32 Å². The summed E-state index contributed by atoms with van der Waals surface area (Å²) >= 11 is 0. The molecule has 136 valence electrons. The van der Waals surface area contributed by atoms with Crippen LogP contribution in [0.5, 0.6) is 0 Å². The molecule has 0 atom stereocenters. The number of likely N-dealkylation sites (tertiary alicyclic amines) is 1. The van der Waals surface area contributed by atoms with Crippen molar-refractivity contribution in [3.63, 3.8) is 0 Å². The third-order valence-corrected chi connectivity index (χ3v) is 5.73. The van der Waals surface area contributed by atoms with E-state index in [1.807, 2.05) is 0 Å². The number of piperidine rings is 1. The van der Waals surface area contributed by atoms with Gasteiger partial charge in [-0.25, -0.2) is 0 Å². The second kappa shape index (κ2) is 7.95. The molecule has 1 aromatic rings. The van der Waals surface area contributed by atoms with Crippen molar-refractivity contribution in [2.45, 2.75) is 56.9 Å². The quantitative estimate of drug-likeness (QED) is 0.654. The fraction of sp³-hybridized carbons (Fsp3) is 0.632. The minimum absolute atomic E-state index is 0.00798. The van der Waals surface area contributed by atoms with E-state index >= 15 is 0 Å². The number of carbonyl (C=O) groups excluding carboxylic acids is 1. The Labute approximate surface area is 148 Å². The smallest absolute Gasteiger partial charge is 0.269 e. The molecule has 3 rings (SSSR count). The summed E-state index contributed by atoms with van der Waals surface area (Å²) in [4.78, 5) is 25.4. The lowest BCUT2D eigenvalue weighted by atomic mass is 9.79. The highest BCUT2D eigenvalue weighted by Crippen LogP contribution is 2.35. The second-order valence-corrected chi connectivity index (χ2v) is 7.32. The van der Waals surface area contributed by atoms with Crippen molar-refractivity contribution in [2.24, 2.45) is 0 Å². The molecule has 2 aliphatic rings. The summed E-state index contributed by atoms with van der Waals surface area (Å²) in [6.45, 7) is 2.93. The summed E-state index contributed by atoms with van der Waals surface area (Å²) in [5.41, 5.74) is 0.582. The van der Waals surface area contributed by atoms with Crippen molar-refractivity contribution in [3.05, 3.63) is 39.9 Å². The molecule has 0 aromatic heterocycles. The van der Waals surface area contributed by atoms with Crippen LogP contribution in [0.1, 0.15) is 61.7 Å². The lowest BCUT2D eigenvalue weighted by Gasteiger charge is -2.48. The molecule has 1 aliphatic carbocycles. The van der Waals surface area contributed by atoms with Crippen molar-refractivity contribution in [3.8, 4) is 0 Å². The predicted molar refractivity (Wildman–Crippen MR) is 96.7 cm³/mol. The summed E-state index contributed by atoms with van der Waals surface area (Å²) in [6.07, 6.45) is 9.83. The fourth-order valence-electron chi connectivity index (χ4n) is 4.26. The van der Waals surface area contributed by atoms with Crippen LogP contribution in [-0.4, -0.2) is 40.9 Å². The van der Waals surface area contributed by atoms with Crippen molar-refractivity contribution < 1.29 is 9.72 Å². The number of non-ortho nitro benzene ring substituents is 1. The first-order valence-electron chi connectivity index (χ1n) is 9.38. The molecule has 2 fully saturated rings. The number of amides is 1. The average molecular weight is 345 g/mol. The van der Waals surface area contributed by atoms with Crippen LogP contribution in [0.3, 0.4) is 0 Å². The van der Waals surface area contributed by atoms with Gasteiger partial charge in [-0.3, -0.25) is 19.8 Å². The summed E-state index contributed by atoms with van der Waals surface area (Å²) < 4.78 is 0. The predicted octanol–water partition coefficient (Wildman–Crippen LogP) is 3.51. The van der Waals surface area contributed by atoms with Gasteiger partial charge in [-0.05, 0) is 50.9 Å². The van der Waals surface area contributed by atoms with Gasteiger partial charge in [0.05, 0.1) is 4.92 Å². The molecule has 0 bridgehead atoms. The number of nitro benzene ring substituents is 1. The maximum atomic E-state index is 12.5. The van der Waals surface area contributed by atoms with Gasteiger partial charge in [0.2, 0.25) is 0 Å². The fourth-order valence-corrected chi connectivity index (χ4v) is 4.26. The molecule has 6 nitrogen and oxygen atoms in total. The maximum Gasteiger partial charge on any atom is 0.269 e. The zero-order valence-electron chi connectivity index (χ0n) is 14.7. The van der Waals surface area contributed by atoms with E-state index in [-0.39, 0.29) is 17.1 Å². The maximum absolute atomic E-state index is 12.5. The third-order valence-electron chi connectivity index (χ3n) is 5.73. The molecule has 1 aromatic carbocycles. The third kappa shape index (κ3) is 4.18. The molecule has 0 radical (unpaired) electrons. The standard InChI is InChI=1S/C19H27N3O3/c23-18(16-7-9-17(10-8-16)22(24)25)20-15-19(11-3-1-4-12-19)21-13-5-2-6-14-21/h7-10H,1-6,11-15H2,(H,20,23). The Balaban J connectivity index is 1.65. The topological polar surface area (TPSA) is 75.5 Å². The molecule has 1 N–H and O–H groups in total. The van der Waals surface area contributed by atoms with E-state index < -0.39 is 4.92 Å². The highest BCUT2D eigenvalue weighted by atomic mass is 16.6. The molecule has 1 saturated carbocycles. The first-order valence-corrected chi connectivity index (χ1v) is 9.38. The lowest BCUT2D eigenvalue weighted by Crippen LogP contribution is -2.58. The van der Waals surface area contributed by atoms with Gasteiger partial charge >= 0.3 is 0 Å². The normalized spacial score (nSPS) is 20.8. The molecule has 6 heteroatoms. The van der Waals surface area contributed by atoms with Crippen LogP contribution in [0.4, 0.5) is 5.69 Å². The Morgan fingerprint density at radius 3 is 2.24 bits per heavy atom. The zero-order valence-corrected chi connectivity index (χ0v) is 14.7. The molecule has 0 unspecified atom stereocenters. The van der Waals surface area contributed by atoms with E-state index in [1.54, 1.807) is 0 Å². The van der Waals surface area contributed by atoms with Crippen LogP contribution in [-0.2, 0) is 0 Å². The van der Waals surface area contributed by atoms with Crippen molar-refractivity contribution >= 4 is 11.6 Å². The largest absolute Gasteiger partial charge is 0.350 e. The Morgan fingerprint density at radius 1 is 1.04 bits per heavy atom. The van der Waals surface area contributed by atoms with Crippen LogP contribution >= 0.6 is 0 Å². The molecule has 1 heterocycles. The average Bonchev–Trinajstić information content (AvgIpc) is 2.67. The van der Waals surface area contributed by atoms with Crippen LogP contribution < -0.4 is 5.32 Å². The van der Waals surface area contributed by atoms with E-state index in [0.717, 1.165) is 25.9 Å². The minimum Gasteiger partial charge on any atom is -0.350 e. The first-order chi connectivity index (χ1) is 12.1. The molecule has 0 spiro atoms. The van der Waals surface area contributed by atoms with Gasteiger partial charge in [-0.1, -0.05) is 25.7 Å². The Kier molecular flexibility index (Phi) is 5.68. The van der Waals surface area contributed by atoms with Crippen LogP contribution in [0.15, 0.2) is 24.3 Å². The van der Waals surface area contributed by atoms with E-state index in [4.69, 9.17) is 0 Å². The van der Waals surface area contributed by atoms with E-state index in [1.165, 1.54) is 62.8 Å². The number of nitrogens with one attached hydrogen (secondary N) is 1. The first kappa shape index (κ1) is 17.9. The monoisotopic (exact) mass is 345 g/mol. The summed E-state index contributed by atoms with van der Waals surface area (Å²) in [6, 6.07) is 5.83. The highest BCUT2D eigenvalue weighted by molar-refractivity contribution is 5.94. The molecular formula is C19H27N3O3. The van der Waals surface area contributed by atoms with E-state index in [2.05, 4.69) is 10.2 Å². The van der Waals surface area contributed by atoms with Crippen molar-refractivity contribution in [1.29, 1.82) is 0 Å². The van der Waals surface area contributed by atoms with Crippen molar-refractivity contribution in [2.75, 3.05) is 19.6 Å². The second-order valence-electron chi connectivity index (χ2n) is 7.32. The van der Waals surface area contributed by atoms with E-state index in [0.29, 0.717) is 12.1 Å². The molecule has 25 heavy (non-hydrogen) atoms. The Hall–Kier alpha value is -1.95. The zero-order chi connectivity index (χ0) is 17.7. The van der Waals surface area contributed by atoms with Gasteiger partial charge in [-0.15, -0.1) is 0 Å². The number of nitrogens with zero attached hydrogens (tertiary/aromatic N) is 2. The number of carbonyl (C=O) groups is 1. The number of nitro groups is 1. The Bertz CT molecular complexity index is 603. The van der Waals surface area contributed by atoms with Crippen LogP contribution in [0, 0.1) is 10.1 Å². The van der Waals surface area contributed by atoms with E-state index in [9.17, 15) is 14.9 Å². The molecule has 1 amide bonds. The number of rotatable bonds is 5. The lowest BCUT2D eigenvalue weighted by molar-refractivity contribution is -0.384. The number of hydrogen-bond acceptors (Lipinski definition) is 4. The van der Waals surface area contributed by atoms with Gasteiger partial charge in [-0.2, -0.15) is 0 Å². The van der Waals surface area contributed by atoms with Gasteiger partial charge in [0.25, 0.3) is 11.6 Å². The molecule has 1 saturated heterocycles. The minimum atomic E-state index is -0.449. The number of benzene rings is 1. The van der Waals surface area contributed by atoms with Crippen LogP contribution in [0.25, 0.3) is 0 Å². The summed E-state index contributed by atoms with van der Waals surface area (Å²) in [5.74, 6) is -0.142. The Morgan fingerprint density at radius 2 is 1.64 bits per heavy atom. The van der Waals surface area contributed by atoms with Gasteiger partial charge in [0.1, 0.15) is 0 Å². The number of hydrogen-bond donors (Lipinski definition) is 1. The molecule has 1 aliphatic heterocycles. The summed E-state index contributed by atoms with van der Waals surface area (Å²) in [7, 11) is 0. The summed E-state index contributed by atoms with van der Waals surface area (Å²) in [5, 5.41) is 13.8. The van der Waals surface area contributed by atoms with Crippen molar-refractivity contribution in [1.82, 2.24) is 10.2 Å². The van der Waals surface area contributed by atoms with Gasteiger partial charge in [0.15, 0.2) is 0 Å². The van der Waals surface area contributed by atoms with Crippen LogP contribution in [0.2, 0.25) is 0 Å².